The molecule has 0 radical (unpaired) electrons. The number of primary sulfonamides is 1. The summed E-state index contributed by atoms with van der Waals surface area (Å²) in [6, 6.07) is 5.33. The predicted molar refractivity (Wildman–Crippen MR) is 70.7 cm³/mol. The zero-order valence-electron chi connectivity index (χ0n) is 10.0. The van der Waals surface area contributed by atoms with Crippen molar-refractivity contribution >= 4 is 21.4 Å². The topological polar surface area (TPSA) is 89.4 Å². The Morgan fingerprint density at radius 3 is 2.56 bits per heavy atom. The number of rotatable bonds is 2. The van der Waals surface area contributed by atoms with Crippen LogP contribution in [0.2, 0.25) is 0 Å². The largest absolute Gasteiger partial charge is 0.397 e. The molecule has 2 aliphatic rings. The van der Waals surface area contributed by atoms with E-state index >= 15 is 0 Å². The van der Waals surface area contributed by atoms with E-state index in [1.807, 2.05) is 0 Å². The van der Waals surface area contributed by atoms with Gasteiger partial charge in [-0.3, -0.25) is 0 Å². The van der Waals surface area contributed by atoms with Crippen molar-refractivity contribution in [2.75, 3.05) is 17.2 Å². The molecule has 1 saturated heterocycles. The second-order valence-electron chi connectivity index (χ2n) is 5.25. The van der Waals surface area contributed by atoms with Crippen LogP contribution in [0.5, 0.6) is 0 Å². The molecule has 1 aromatic rings. The molecule has 1 aliphatic heterocycles. The van der Waals surface area contributed by atoms with Crippen LogP contribution in [0.3, 0.4) is 0 Å². The van der Waals surface area contributed by atoms with Gasteiger partial charge in [-0.15, -0.1) is 0 Å². The third kappa shape index (κ3) is 1.85. The molecule has 2 bridgehead atoms. The van der Waals surface area contributed by atoms with Gasteiger partial charge >= 0.3 is 0 Å². The molecule has 2 atom stereocenters. The summed E-state index contributed by atoms with van der Waals surface area (Å²) >= 11 is 0. The summed E-state index contributed by atoms with van der Waals surface area (Å²) < 4.78 is 22.5. The molecule has 1 aliphatic carbocycles. The van der Waals surface area contributed by atoms with Gasteiger partial charge in [0.05, 0.1) is 16.3 Å². The predicted octanol–water partition coefficient (Wildman–Crippen LogP) is 0.905. The molecule has 5 nitrogen and oxygen atoms in total. The lowest BCUT2D eigenvalue weighted by atomic mass is 10.1. The van der Waals surface area contributed by atoms with E-state index < -0.39 is 10.0 Å². The van der Waals surface area contributed by atoms with Gasteiger partial charge in [-0.1, -0.05) is 0 Å². The maximum atomic E-state index is 11.3. The summed E-state index contributed by atoms with van der Waals surface area (Å²) in [5, 5.41) is 5.09. The zero-order chi connectivity index (χ0) is 12.9. The number of nitrogens with two attached hydrogens (primary N) is 2. The summed E-state index contributed by atoms with van der Waals surface area (Å²) in [6.45, 7) is 1.03. The summed E-state index contributed by atoms with van der Waals surface area (Å²) in [5.41, 5.74) is 7.40. The first-order valence-electron chi connectivity index (χ1n) is 6.14. The molecular formula is C12H17N3O2S. The standard InChI is InChI=1S/C12H17N3O2S/c13-11-6-10(18(14,16)17)3-4-12(11)15-7-8-1-2-9(15)5-8/h3-4,6,8-9H,1-2,5,7,13H2,(H2,14,16,17). The first-order valence-corrected chi connectivity index (χ1v) is 7.69. The fourth-order valence-corrected chi connectivity index (χ4v) is 3.74. The summed E-state index contributed by atoms with van der Waals surface area (Å²) in [4.78, 5) is 2.38. The third-order valence-electron chi connectivity index (χ3n) is 4.05. The number of benzene rings is 1. The number of hydrogen-bond acceptors (Lipinski definition) is 4. The van der Waals surface area contributed by atoms with Gasteiger partial charge in [-0.2, -0.15) is 0 Å². The molecule has 1 heterocycles. The molecule has 0 aromatic heterocycles. The van der Waals surface area contributed by atoms with Gasteiger partial charge in [0.2, 0.25) is 10.0 Å². The Kier molecular flexibility index (Phi) is 2.53. The molecular weight excluding hydrogens is 250 g/mol. The van der Waals surface area contributed by atoms with Crippen LogP contribution in [0.4, 0.5) is 11.4 Å². The van der Waals surface area contributed by atoms with Crippen LogP contribution in [0.15, 0.2) is 23.1 Å². The first-order chi connectivity index (χ1) is 8.45. The molecule has 6 heteroatoms. The molecule has 1 aromatic carbocycles. The van der Waals surface area contributed by atoms with Crippen molar-refractivity contribution in [3.8, 4) is 0 Å². The Morgan fingerprint density at radius 2 is 2.06 bits per heavy atom. The molecule has 98 valence electrons. The quantitative estimate of drug-likeness (QED) is 0.779. The number of fused-ring (bicyclic) bond motifs is 2. The van der Waals surface area contributed by atoms with E-state index in [-0.39, 0.29) is 4.90 Å². The van der Waals surface area contributed by atoms with Crippen molar-refractivity contribution < 1.29 is 8.42 Å². The summed E-state index contributed by atoms with van der Waals surface area (Å²) in [5.74, 6) is 0.771. The average molecular weight is 267 g/mol. The molecule has 18 heavy (non-hydrogen) atoms. The number of anilines is 2. The second kappa shape index (κ2) is 3.86. The van der Waals surface area contributed by atoms with Gasteiger partial charge in [-0.05, 0) is 43.4 Å². The van der Waals surface area contributed by atoms with E-state index in [2.05, 4.69) is 4.90 Å². The lowest BCUT2D eigenvalue weighted by Gasteiger charge is -2.30. The van der Waals surface area contributed by atoms with Gasteiger partial charge in [0.25, 0.3) is 0 Å². The van der Waals surface area contributed by atoms with Crippen molar-refractivity contribution in [2.24, 2.45) is 11.1 Å². The van der Waals surface area contributed by atoms with E-state index in [9.17, 15) is 8.42 Å². The van der Waals surface area contributed by atoms with Crippen LogP contribution < -0.4 is 15.8 Å². The number of nitrogen functional groups attached to an aromatic ring is 1. The van der Waals surface area contributed by atoms with Gasteiger partial charge < -0.3 is 10.6 Å². The fraction of sp³-hybridized carbons (Fsp3) is 0.500. The zero-order valence-corrected chi connectivity index (χ0v) is 10.9. The smallest absolute Gasteiger partial charge is 0.238 e. The molecule has 4 N–H and O–H groups in total. The highest BCUT2D eigenvalue weighted by Crippen LogP contribution is 2.42. The number of sulfonamides is 1. The number of hydrogen-bond donors (Lipinski definition) is 2. The molecule has 2 fully saturated rings. The van der Waals surface area contributed by atoms with Crippen molar-refractivity contribution in [1.82, 2.24) is 0 Å². The summed E-state index contributed by atoms with van der Waals surface area (Å²) in [7, 11) is -3.67. The maximum Gasteiger partial charge on any atom is 0.238 e. The van der Waals surface area contributed by atoms with E-state index in [0.717, 1.165) is 18.2 Å². The third-order valence-corrected chi connectivity index (χ3v) is 4.96. The van der Waals surface area contributed by atoms with Crippen LogP contribution in [0.1, 0.15) is 19.3 Å². The monoisotopic (exact) mass is 267 g/mol. The Balaban J connectivity index is 1.95. The SMILES string of the molecule is Nc1cc(S(N)(=O)=O)ccc1N1CC2CCC1C2. The highest BCUT2D eigenvalue weighted by molar-refractivity contribution is 7.89. The van der Waals surface area contributed by atoms with Gasteiger partial charge in [0.1, 0.15) is 0 Å². The average Bonchev–Trinajstić information content (AvgIpc) is 2.89. The van der Waals surface area contributed by atoms with E-state index in [4.69, 9.17) is 10.9 Å². The van der Waals surface area contributed by atoms with Gasteiger partial charge in [0, 0.05) is 12.6 Å². The Labute approximate surface area is 107 Å². The Bertz CT molecular complexity index is 585. The Hall–Kier alpha value is -1.27. The normalized spacial score (nSPS) is 26.8. The van der Waals surface area contributed by atoms with E-state index in [0.29, 0.717) is 11.7 Å². The molecule has 2 unspecified atom stereocenters. The minimum atomic E-state index is -3.67. The highest BCUT2D eigenvalue weighted by Gasteiger charge is 2.38. The second-order valence-corrected chi connectivity index (χ2v) is 6.81. The van der Waals surface area contributed by atoms with Crippen LogP contribution in [0, 0.1) is 5.92 Å². The minimum Gasteiger partial charge on any atom is -0.397 e. The maximum absolute atomic E-state index is 11.3. The molecule has 1 saturated carbocycles. The van der Waals surface area contributed by atoms with Crippen LogP contribution in [0.25, 0.3) is 0 Å². The highest BCUT2D eigenvalue weighted by atomic mass is 32.2. The number of nitrogens with zero attached hydrogens (tertiary/aromatic N) is 1. The van der Waals surface area contributed by atoms with Gasteiger partial charge in [-0.25, -0.2) is 13.6 Å². The van der Waals surface area contributed by atoms with Crippen LogP contribution in [-0.4, -0.2) is 21.0 Å². The van der Waals surface area contributed by atoms with E-state index in [1.54, 1.807) is 6.07 Å². The Morgan fingerprint density at radius 1 is 1.28 bits per heavy atom. The van der Waals surface area contributed by atoms with Crippen LogP contribution >= 0.6 is 0 Å². The van der Waals surface area contributed by atoms with Crippen molar-refractivity contribution in [3.63, 3.8) is 0 Å². The van der Waals surface area contributed by atoms with Crippen LogP contribution in [-0.2, 0) is 10.0 Å². The minimum absolute atomic E-state index is 0.0770. The van der Waals surface area contributed by atoms with Crippen molar-refractivity contribution in [2.45, 2.75) is 30.2 Å². The first kappa shape index (κ1) is 11.8. The lowest BCUT2D eigenvalue weighted by molar-refractivity contribution is 0.554. The fourth-order valence-electron chi connectivity index (χ4n) is 3.19. The number of piperidine rings is 1. The lowest BCUT2D eigenvalue weighted by Crippen LogP contribution is -2.32. The molecule has 0 amide bonds. The van der Waals surface area contributed by atoms with Crippen molar-refractivity contribution in [3.05, 3.63) is 18.2 Å². The van der Waals surface area contributed by atoms with Crippen molar-refractivity contribution in [1.29, 1.82) is 0 Å². The summed E-state index contributed by atoms with van der Waals surface area (Å²) in [6.07, 6.45) is 3.74. The van der Waals surface area contributed by atoms with E-state index in [1.165, 1.54) is 31.4 Å². The molecule has 3 rings (SSSR count). The molecule has 0 spiro atoms. The van der Waals surface area contributed by atoms with Gasteiger partial charge in [0.15, 0.2) is 0 Å².